The zero-order valence-corrected chi connectivity index (χ0v) is 18.1. The number of sulfonamides is 1. The molecule has 0 bridgehead atoms. The van der Waals surface area contributed by atoms with E-state index in [0.29, 0.717) is 18.4 Å². The first kappa shape index (κ1) is 21.9. The van der Waals surface area contributed by atoms with E-state index in [1.165, 1.54) is 22.5 Å². The Labute approximate surface area is 177 Å². The van der Waals surface area contributed by atoms with Crippen molar-refractivity contribution in [1.29, 1.82) is 0 Å². The van der Waals surface area contributed by atoms with Crippen molar-refractivity contribution in [2.24, 2.45) is 0 Å². The molecule has 1 aliphatic rings. The van der Waals surface area contributed by atoms with Crippen LogP contribution in [0.5, 0.6) is 0 Å². The smallest absolute Gasteiger partial charge is 0.243 e. The number of nitrogens with zero attached hydrogens (tertiary/aromatic N) is 1. The lowest BCUT2D eigenvalue weighted by Gasteiger charge is -2.34. The number of hydrogen-bond donors (Lipinski definition) is 1. The van der Waals surface area contributed by atoms with Crippen molar-refractivity contribution in [2.45, 2.75) is 43.2 Å². The lowest BCUT2D eigenvalue weighted by Crippen LogP contribution is -2.52. The lowest BCUT2D eigenvalue weighted by atomic mass is 10.0. The molecular formula is C20H21BrF2N2O3S. The molecule has 0 spiro atoms. The van der Waals surface area contributed by atoms with Gasteiger partial charge in [-0.05, 0) is 61.7 Å². The van der Waals surface area contributed by atoms with Crippen molar-refractivity contribution in [3.63, 3.8) is 0 Å². The molecule has 2 aromatic carbocycles. The molecule has 2 atom stereocenters. The van der Waals surface area contributed by atoms with Gasteiger partial charge in [-0.3, -0.25) is 4.79 Å². The number of benzene rings is 2. The number of nitrogens with one attached hydrogen (secondary N) is 1. The number of halogens is 3. The first-order valence-corrected chi connectivity index (χ1v) is 11.5. The fraction of sp³-hybridized carbons (Fsp3) is 0.350. The van der Waals surface area contributed by atoms with Gasteiger partial charge in [0.15, 0.2) is 11.6 Å². The van der Waals surface area contributed by atoms with E-state index in [9.17, 15) is 22.0 Å². The van der Waals surface area contributed by atoms with Crippen molar-refractivity contribution in [3.8, 4) is 0 Å². The zero-order chi connectivity index (χ0) is 21.2. The number of amides is 1. The van der Waals surface area contributed by atoms with E-state index < -0.39 is 39.6 Å². The van der Waals surface area contributed by atoms with Gasteiger partial charge in [-0.1, -0.05) is 28.4 Å². The summed E-state index contributed by atoms with van der Waals surface area (Å²) in [5.41, 5.74) is 0.398. The number of hydrogen-bond acceptors (Lipinski definition) is 3. The van der Waals surface area contributed by atoms with Crippen LogP contribution in [0.4, 0.5) is 8.78 Å². The normalized spacial score (nSPS) is 19.0. The summed E-state index contributed by atoms with van der Waals surface area (Å²) in [5, 5.41) is 2.73. The third-order valence-corrected chi connectivity index (χ3v) is 7.43. The zero-order valence-electron chi connectivity index (χ0n) is 15.7. The van der Waals surface area contributed by atoms with E-state index in [2.05, 4.69) is 21.2 Å². The Kier molecular flexibility index (Phi) is 6.70. The van der Waals surface area contributed by atoms with Gasteiger partial charge >= 0.3 is 0 Å². The molecule has 0 aliphatic carbocycles. The first-order chi connectivity index (χ1) is 13.7. The molecule has 1 heterocycles. The van der Waals surface area contributed by atoms with Crippen molar-refractivity contribution in [1.82, 2.24) is 9.62 Å². The van der Waals surface area contributed by atoms with E-state index >= 15 is 0 Å². The quantitative estimate of drug-likeness (QED) is 0.690. The molecule has 2 aromatic rings. The van der Waals surface area contributed by atoms with Gasteiger partial charge in [-0.25, -0.2) is 17.2 Å². The van der Waals surface area contributed by atoms with Crippen molar-refractivity contribution < 1.29 is 22.0 Å². The highest BCUT2D eigenvalue weighted by atomic mass is 79.9. The molecule has 1 amide bonds. The molecule has 0 radical (unpaired) electrons. The van der Waals surface area contributed by atoms with Crippen LogP contribution in [0.2, 0.25) is 0 Å². The Balaban J connectivity index is 1.80. The fourth-order valence-electron chi connectivity index (χ4n) is 3.37. The Morgan fingerprint density at radius 2 is 1.83 bits per heavy atom. The van der Waals surface area contributed by atoms with E-state index in [4.69, 9.17) is 0 Å². The first-order valence-electron chi connectivity index (χ1n) is 9.23. The van der Waals surface area contributed by atoms with E-state index in [0.717, 1.165) is 23.0 Å². The molecule has 1 saturated heterocycles. The second-order valence-corrected chi connectivity index (χ2v) is 9.79. The molecule has 3 rings (SSSR count). The van der Waals surface area contributed by atoms with Crippen LogP contribution < -0.4 is 5.32 Å². The highest BCUT2D eigenvalue weighted by molar-refractivity contribution is 9.10. The van der Waals surface area contributed by atoms with Crippen LogP contribution in [0, 0.1) is 11.6 Å². The van der Waals surface area contributed by atoms with Crippen molar-refractivity contribution in [2.75, 3.05) is 6.54 Å². The summed E-state index contributed by atoms with van der Waals surface area (Å²) in [6, 6.07) is 8.21. The van der Waals surface area contributed by atoms with E-state index in [1.54, 1.807) is 19.1 Å². The second kappa shape index (κ2) is 8.89. The molecule has 1 aliphatic heterocycles. The van der Waals surface area contributed by atoms with Gasteiger partial charge in [-0.2, -0.15) is 4.31 Å². The minimum atomic E-state index is -3.84. The summed E-state index contributed by atoms with van der Waals surface area (Å²) in [7, 11) is -3.84. The van der Waals surface area contributed by atoms with Crippen LogP contribution in [0.1, 0.15) is 37.8 Å². The summed E-state index contributed by atoms with van der Waals surface area (Å²) >= 11 is 3.28. The largest absolute Gasteiger partial charge is 0.348 e. The Hall–Kier alpha value is -1.84. The summed E-state index contributed by atoms with van der Waals surface area (Å²) in [6.45, 7) is 1.89. The van der Waals surface area contributed by atoms with Gasteiger partial charge < -0.3 is 5.32 Å². The molecule has 1 fully saturated rings. The summed E-state index contributed by atoms with van der Waals surface area (Å²) in [4.78, 5) is 13.0. The Morgan fingerprint density at radius 1 is 1.14 bits per heavy atom. The van der Waals surface area contributed by atoms with Gasteiger partial charge in [0.25, 0.3) is 0 Å². The number of carbonyl (C=O) groups excluding carboxylic acids is 1. The van der Waals surface area contributed by atoms with Gasteiger partial charge in [-0.15, -0.1) is 0 Å². The summed E-state index contributed by atoms with van der Waals surface area (Å²) in [6.07, 6.45) is 1.79. The van der Waals surface area contributed by atoms with Gasteiger partial charge in [0.1, 0.15) is 6.04 Å². The van der Waals surface area contributed by atoms with Gasteiger partial charge in [0.05, 0.1) is 10.9 Å². The second-order valence-electron chi connectivity index (χ2n) is 6.99. The molecule has 2 unspecified atom stereocenters. The van der Waals surface area contributed by atoms with Gasteiger partial charge in [0.2, 0.25) is 15.9 Å². The van der Waals surface area contributed by atoms with Crippen LogP contribution in [0.25, 0.3) is 0 Å². The average Bonchev–Trinajstić information content (AvgIpc) is 2.70. The third-order valence-electron chi connectivity index (χ3n) is 4.98. The maximum Gasteiger partial charge on any atom is 0.243 e. The maximum absolute atomic E-state index is 13.5. The van der Waals surface area contributed by atoms with Crippen molar-refractivity contribution >= 4 is 31.9 Å². The molecule has 156 valence electrons. The Bertz CT molecular complexity index is 999. The van der Waals surface area contributed by atoms with Crippen LogP contribution in [0.15, 0.2) is 51.8 Å². The molecular weight excluding hydrogens is 466 g/mol. The van der Waals surface area contributed by atoms with E-state index in [1.807, 2.05) is 0 Å². The van der Waals surface area contributed by atoms with Crippen LogP contribution in [-0.2, 0) is 14.8 Å². The molecule has 0 aromatic heterocycles. The molecule has 5 nitrogen and oxygen atoms in total. The molecule has 9 heteroatoms. The summed E-state index contributed by atoms with van der Waals surface area (Å²) < 4.78 is 54.8. The summed E-state index contributed by atoms with van der Waals surface area (Å²) in [5.74, 6) is -2.42. The molecule has 1 N–H and O–H groups in total. The van der Waals surface area contributed by atoms with Crippen LogP contribution in [-0.4, -0.2) is 31.2 Å². The van der Waals surface area contributed by atoms with Crippen LogP contribution >= 0.6 is 15.9 Å². The van der Waals surface area contributed by atoms with Crippen molar-refractivity contribution in [3.05, 3.63) is 64.1 Å². The topological polar surface area (TPSA) is 66.5 Å². The number of rotatable bonds is 5. The minimum Gasteiger partial charge on any atom is -0.348 e. The van der Waals surface area contributed by atoms with Gasteiger partial charge in [0, 0.05) is 11.0 Å². The Morgan fingerprint density at radius 3 is 2.48 bits per heavy atom. The minimum absolute atomic E-state index is 0.119. The SMILES string of the molecule is CC(NC(=O)C1CCCCN1S(=O)(=O)c1ccc(Br)cc1)c1ccc(F)c(F)c1. The highest BCUT2D eigenvalue weighted by Gasteiger charge is 2.38. The monoisotopic (exact) mass is 486 g/mol. The highest BCUT2D eigenvalue weighted by Crippen LogP contribution is 2.27. The third kappa shape index (κ3) is 4.84. The average molecular weight is 487 g/mol. The molecule has 29 heavy (non-hydrogen) atoms. The maximum atomic E-state index is 13.5. The number of carbonyl (C=O) groups is 1. The van der Waals surface area contributed by atoms with E-state index in [-0.39, 0.29) is 11.4 Å². The van der Waals surface area contributed by atoms with Crippen LogP contribution in [0.3, 0.4) is 0 Å². The lowest BCUT2D eigenvalue weighted by molar-refractivity contribution is -0.126. The fourth-order valence-corrected chi connectivity index (χ4v) is 5.29. The number of piperidine rings is 1. The predicted octanol–water partition coefficient (Wildman–Crippen LogP) is 4.15. The molecule has 0 saturated carbocycles. The predicted molar refractivity (Wildman–Crippen MR) is 109 cm³/mol. The standard InChI is InChI=1S/C20H21BrF2N2O3S/c1-13(14-5-10-17(22)18(23)12-14)24-20(26)19-4-2-3-11-25(19)29(27,28)16-8-6-15(21)7-9-16/h5-10,12-13,19H,2-4,11H2,1H3,(H,24,26).